The largest absolute Gasteiger partial charge is 0.324 e. The summed E-state index contributed by atoms with van der Waals surface area (Å²) in [5, 5.41) is 3.22. The van der Waals surface area contributed by atoms with E-state index in [-0.39, 0.29) is 11.7 Å². The third kappa shape index (κ3) is 7.02. The minimum Gasteiger partial charge on any atom is -0.324 e. The van der Waals surface area contributed by atoms with Gasteiger partial charge < -0.3 is 10.1 Å². The van der Waals surface area contributed by atoms with Crippen molar-refractivity contribution in [2.45, 2.75) is 57.8 Å². The summed E-state index contributed by atoms with van der Waals surface area (Å²) in [5.41, 5.74) is 2.90. The Morgan fingerprint density at radius 2 is 1.96 bits per heavy atom. The number of hydrogen-bond donors (Lipinski definition) is 2. The monoisotopic (exact) mass is 386 g/mol. The van der Waals surface area contributed by atoms with Crippen molar-refractivity contribution < 1.29 is 9.59 Å². The number of carbonyl (C=O) groups excluding carboxylic acids is 2. The lowest BCUT2D eigenvalue weighted by Gasteiger charge is -2.11. The number of rotatable bonds is 9. The van der Waals surface area contributed by atoms with Gasteiger partial charge in [0.1, 0.15) is 5.78 Å². The smallest absolute Gasteiger partial charge is 0.230 e. The summed E-state index contributed by atoms with van der Waals surface area (Å²) in [4.78, 5) is 32.6. The van der Waals surface area contributed by atoms with Gasteiger partial charge in [-0.2, -0.15) is 0 Å². The molecule has 2 aromatic rings. The summed E-state index contributed by atoms with van der Waals surface area (Å²) in [7, 11) is 0. The van der Waals surface area contributed by atoms with Gasteiger partial charge in [-0.15, -0.1) is 0 Å². The third-order valence-corrected chi connectivity index (χ3v) is 4.91. The molecule has 7 heteroatoms. The lowest BCUT2D eigenvalue weighted by atomic mass is 10.1. The van der Waals surface area contributed by atoms with Crippen LogP contribution in [0.15, 0.2) is 35.4 Å². The molecule has 0 saturated carbocycles. The summed E-state index contributed by atoms with van der Waals surface area (Å²) >= 11 is 1.28. The Morgan fingerprint density at radius 1 is 1.19 bits per heavy atom. The molecule has 0 saturated heterocycles. The van der Waals surface area contributed by atoms with Gasteiger partial charge >= 0.3 is 0 Å². The highest BCUT2D eigenvalue weighted by atomic mass is 32.2. The van der Waals surface area contributed by atoms with E-state index in [0.717, 1.165) is 21.8 Å². The zero-order valence-corrected chi connectivity index (χ0v) is 17.0. The maximum atomic E-state index is 11.9. The van der Waals surface area contributed by atoms with Crippen LogP contribution in [0.5, 0.6) is 0 Å². The SMILES string of the molecule is CC(=O)CCCC(=O)NSc1cc(Nc2nccc(C(C)C)n2)ccc1C. The molecule has 0 spiro atoms. The number of nitrogens with zero attached hydrogens (tertiary/aromatic N) is 2. The van der Waals surface area contributed by atoms with E-state index >= 15 is 0 Å². The average molecular weight is 387 g/mol. The van der Waals surface area contributed by atoms with Gasteiger partial charge in [-0.1, -0.05) is 19.9 Å². The van der Waals surface area contributed by atoms with Gasteiger partial charge in [0.15, 0.2) is 0 Å². The van der Waals surface area contributed by atoms with Gasteiger partial charge in [0.05, 0.1) is 0 Å². The van der Waals surface area contributed by atoms with Crippen molar-refractivity contribution in [3.8, 4) is 0 Å². The van der Waals surface area contributed by atoms with Crippen LogP contribution in [0.3, 0.4) is 0 Å². The van der Waals surface area contributed by atoms with Crippen LogP contribution in [-0.4, -0.2) is 21.7 Å². The van der Waals surface area contributed by atoms with Crippen molar-refractivity contribution in [2.24, 2.45) is 0 Å². The van der Waals surface area contributed by atoms with Crippen molar-refractivity contribution in [1.29, 1.82) is 0 Å². The van der Waals surface area contributed by atoms with E-state index in [9.17, 15) is 9.59 Å². The molecule has 0 aliphatic carbocycles. The molecule has 1 aromatic carbocycles. The standard InChI is InChI=1S/C20H26N4O2S/c1-13(2)17-10-11-21-20(23-17)22-16-9-8-14(3)18(12-16)27-24-19(26)7-5-6-15(4)25/h8-13H,5-7H2,1-4H3,(H,24,26)(H,21,22,23). The van der Waals surface area contributed by atoms with Crippen LogP contribution in [-0.2, 0) is 9.59 Å². The quantitative estimate of drug-likeness (QED) is 0.616. The number of nitrogens with one attached hydrogen (secondary N) is 2. The first-order valence-corrected chi connectivity index (χ1v) is 9.82. The summed E-state index contributed by atoms with van der Waals surface area (Å²) < 4.78 is 2.84. The number of carbonyl (C=O) groups is 2. The van der Waals surface area contributed by atoms with Crippen molar-refractivity contribution >= 4 is 35.3 Å². The highest BCUT2D eigenvalue weighted by Crippen LogP contribution is 2.25. The predicted molar refractivity (Wildman–Crippen MR) is 109 cm³/mol. The van der Waals surface area contributed by atoms with E-state index in [4.69, 9.17) is 0 Å². The number of aromatic nitrogens is 2. The minimum absolute atomic E-state index is 0.0769. The highest BCUT2D eigenvalue weighted by Gasteiger charge is 2.08. The van der Waals surface area contributed by atoms with Gasteiger partial charge in [-0.25, -0.2) is 9.97 Å². The fourth-order valence-electron chi connectivity index (χ4n) is 2.33. The molecular weight excluding hydrogens is 360 g/mol. The predicted octanol–water partition coefficient (Wildman–Crippen LogP) is 4.53. The molecular formula is C20H26N4O2S. The first-order valence-electron chi connectivity index (χ1n) is 9.01. The van der Waals surface area contributed by atoms with Gasteiger partial charge in [0, 0.05) is 35.3 Å². The van der Waals surface area contributed by atoms with Gasteiger partial charge in [0.25, 0.3) is 0 Å². The molecule has 144 valence electrons. The molecule has 0 aliphatic heterocycles. The molecule has 0 bridgehead atoms. The Morgan fingerprint density at radius 3 is 2.67 bits per heavy atom. The Bertz CT molecular complexity index is 808. The summed E-state index contributed by atoms with van der Waals surface area (Å²) in [6.45, 7) is 7.71. The zero-order chi connectivity index (χ0) is 19.8. The molecule has 1 amide bonds. The number of benzene rings is 1. The second-order valence-electron chi connectivity index (χ2n) is 6.75. The summed E-state index contributed by atoms with van der Waals surface area (Å²) in [5.74, 6) is 0.908. The van der Waals surface area contributed by atoms with Crippen molar-refractivity contribution in [3.05, 3.63) is 41.7 Å². The molecule has 6 nitrogen and oxygen atoms in total. The number of ketones is 1. The first-order chi connectivity index (χ1) is 12.8. The van der Waals surface area contributed by atoms with Crippen molar-refractivity contribution in [2.75, 3.05) is 5.32 Å². The molecule has 0 atom stereocenters. The first kappa shape index (κ1) is 20.9. The van der Waals surface area contributed by atoms with Gasteiger partial charge in [-0.05, 0) is 61.9 Å². The third-order valence-electron chi connectivity index (χ3n) is 3.92. The van der Waals surface area contributed by atoms with Crippen molar-refractivity contribution in [1.82, 2.24) is 14.7 Å². The second-order valence-corrected chi connectivity index (χ2v) is 7.60. The van der Waals surface area contributed by atoms with Gasteiger partial charge in [-0.3, -0.25) is 9.52 Å². The van der Waals surface area contributed by atoms with Crippen LogP contribution in [0.25, 0.3) is 0 Å². The lowest BCUT2D eigenvalue weighted by Crippen LogP contribution is -2.15. The van der Waals surface area contributed by atoms with Crippen molar-refractivity contribution in [3.63, 3.8) is 0 Å². The Labute approximate surface area is 164 Å². The second kappa shape index (κ2) is 10.1. The molecule has 0 aliphatic rings. The van der Waals surface area contributed by atoms with E-state index in [1.807, 2.05) is 31.2 Å². The topological polar surface area (TPSA) is 84.0 Å². The number of anilines is 2. The highest BCUT2D eigenvalue weighted by molar-refractivity contribution is 7.98. The molecule has 1 heterocycles. The summed E-state index contributed by atoms with van der Waals surface area (Å²) in [6.07, 6.45) is 3.10. The summed E-state index contributed by atoms with van der Waals surface area (Å²) in [6, 6.07) is 7.81. The normalized spacial score (nSPS) is 10.7. The van der Waals surface area contributed by atoms with Crippen LogP contribution in [0.4, 0.5) is 11.6 Å². The number of hydrogen-bond acceptors (Lipinski definition) is 6. The molecule has 2 rings (SSSR count). The number of Topliss-reactive ketones (excluding diaryl/α,β-unsaturated/α-hetero) is 1. The fraction of sp³-hybridized carbons (Fsp3) is 0.400. The molecule has 0 unspecified atom stereocenters. The van der Waals surface area contributed by atoms with E-state index in [1.165, 1.54) is 18.9 Å². The van der Waals surface area contributed by atoms with Gasteiger partial charge in [0.2, 0.25) is 11.9 Å². The molecule has 27 heavy (non-hydrogen) atoms. The Kier molecular flexibility index (Phi) is 7.79. The average Bonchev–Trinajstić information content (AvgIpc) is 2.62. The maximum absolute atomic E-state index is 11.9. The van der Waals surface area contributed by atoms with Crippen LogP contribution in [0.1, 0.15) is 57.2 Å². The Balaban J connectivity index is 1.98. The Hall–Kier alpha value is -2.41. The number of aryl methyl sites for hydroxylation is 1. The molecule has 2 N–H and O–H groups in total. The van der Waals surface area contributed by atoms with E-state index in [0.29, 0.717) is 31.1 Å². The molecule has 0 fully saturated rings. The van der Waals surface area contributed by atoms with Crippen LogP contribution >= 0.6 is 11.9 Å². The maximum Gasteiger partial charge on any atom is 0.230 e. The number of amides is 1. The fourth-order valence-corrected chi connectivity index (χ4v) is 3.07. The van der Waals surface area contributed by atoms with E-state index in [1.54, 1.807) is 6.20 Å². The van der Waals surface area contributed by atoms with Crippen LogP contribution in [0.2, 0.25) is 0 Å². The van der Waals surface area contributed by atoms with Crippen LogP contribution < -0.4 is 10.0 Å². The zero-order valence-electron chi connectivity index (χ0n) is 16.2. The molecule has 0 radical (unpaired) electrons. The molecule has 1 aromatic heterocycles. The lowest BCUT2D eigenvalue weighted by molar-refractivity contribution is -0.119. The van der Waals surface area contributed by atoms with E-state index in [2.05, 4.69) is 33.9 Å². The van der Waals surface area contributed by atoms with E-state index < -0.39 is 0 Å². The van der Waals surface area contributed by atoms with Crippen LogP contribution in [0, 0.1) is 6.92 Å². The minimum atomic E-state index is -0.0769.